The van der Waals surface area contributed by atoms with E-state index in [0.717, 1.165) is 15.6 Å². The molecule has 0 aliphatic carbocycles. The van der Waals surface area contributed by atoms with Gasteiger partial charge in [0.15, 0.2) is 17.3 Å². The second-order valence-corrected chi connectivity index (χ2v) is 8.90. The van der Waals surface area contributed by atoms with Gasteiger partial charge in [0.25, 0.3) is 0 Å². The molecule has 0 spiro atoms. The van der Waals surface area contributed by atoms with Crippen LogP contribution in [0.2, 0.25) is 10.0 Å². The van der Waals surface area contributed by atoms with Crippen LogP contribution in [0.25, 0.3) is 11.4 Å². The Bertz CT molecular complexity index is 1310. The molecule has 4 rings (SSSR count). The monoisotopic (exact) mass is 565 g/mol. The molecular formula is C22H18BrCl2N5O2S. The van der Waals surface area contributed by atoms with Crippen molar-refractivity contribution in [3.8, 4) is 22.9 Å². The summed E-state index contributed by atoms with van der Waals surface area (Å²) in [6.45, 7) is 0.651. The maximum Gasteiger partial charge on any atom is 0.214 e. The number of methoxy groups -OCH3 is 1. The van der Waals surface area contributed by atoms with Gasteiger partial charge < -0.3 is 14.9 Å². The van der Waals surface area contributed by atoms with Crippen LogP contribution in [0.5, 0.6) is 11.5 Å². The molecule has 0 atom stereocenters. The highest BCUT2D eigenvalue weighted by Gasteiger charge is 2.14. The Labute approximate surface area is 213 Å². The van der Waals surface area contributed by atoms with Crippen LogP contribution in [-0.2, 0) is 13.2 Å². The molecule has 0 radical (unpaired) electrons. The van der Waals surface area contributed by atoms with E-state index in [9.17, 15) is 0 Å². The molecule has 0 saturated carbocycles. The molecule has 2 N–H and O–H groups in total. The summed E-state index contributed by atoms with van der Waals surface area (Å²) in [5.74, 6) is 1.78. The molecule has 0 bridgehead atoms. The zero-order valence-electron chi connectivity index (χ0n) is 17.3. The van der Waals surface area contributed by atoms with Crippen molar-refractivity contribution in [1.29, 1.82) is 0 Å². The molecule has 0 aliphatic heterocycles. The van der Waals surface area contributed by atoms with Crippen molar-refractivity contribution < 1.29 is 9.47 Å². The van der Waals surface area contributed by atoms with Gasteiger partial charge in [-0.25, -0.2) is 9.77 Å². The van der Waals surface area contributed by atoms with Gasteiger partial charge in [0.2, 0.25) is 4.77 Å². The van der Waals surface area contributed by atoms with E-state index in [1.165, 1.54) is 0 Å². The maximum atomic E-state index is 6.25. The molecule has 4 aromatic rings. The molecule has 170 valence electrons. The number of nitrogens with one attached hydrogen (secondary N) is 2. The van der Waals surface area contributed by atoms with Gasteiger partial charge in [0.05, 0.1) is 13.7 Å². The van der Waals surface area contributed by atoms with Crippen LogP contribution in [0.1, 0.15) is 11.1 Å². The van der Waals surface area contributed by atoms with Crippen molar-refractivity contribution in [2.75, 3.05) is 12.5 Å². The lowest BCUT2D eigenvalue weighted by atomic mass is 10.2. The van der Waals surface area contributed by atoms with E-state index in [1.807, 2.05) is 24.3 Å². The predicted octanol–water partition coefficient (Wildman–Crippen LogP) is 6.40. The van der Waals surface area contributed by atoms with Gasteiger partial charge in [-0.2, -0.15) is 5.10 Å². The third-order valence-electron chi connectivity index (χ3n) is 4.80. The standard InChI is InChI=1S/C22H18BrCl2N5O2S/c1-31-19-9-14(11-27-30-21(28-29-22(30)33)13-5-7-26-8-6-13)16(23)10-20(19)32-12-15-17(24)3-2-4-18(15)25/h2-10,27H,11-12H2,1H3,(H,29,33). The summed E-state index contributed by atoms with van der Waals surface area (Å²) in [6.07, 6.45) is 3.40. The van der Waals surface area contributed by atoms with Gasteiger partial charge >= 0.3 is 0 Å². The molecule has 33 heavy (non-hydrogen) atoms. The van der Waals surface area contributed by atoms with Crippen LogP contribution < -0.4 is 14.9 Å². The first-order valence-electron chi connectivity index (χ1n) is 9.71. The molecule has 11 heteroatoms. The van der Waals surface area contributed by atoms with Crippen molar-refractivity contribution in [2.24, 2.45) is 0 Å². The summed E-state index contributed by atoms with van der Waals surface area (Å²) in [4.78, 5) is 4.04. The number of H-pyrrole nitrogens is 1. The molecule has 0 aliphatic rings. The molecular weight excluding hydrogens is 549 g/mol. The van der Waals surface area contributed by atoms with Crippen molar-refractivity contribution in [3.63, 3.8) is 0 Å². The van der Waals surface area contributed by atoms with Gasteiger partial charge in [-0.15, -0.1) is 0 Å². The summed E-state index contributed by atoms with van der Waals surface area (Å²) >= 11 is 21.5. The number of benzene rings is 2. The lowest BCUT2D eigenvalue weighted by Crippen LogP contribution is -2.16. The van der Waals surface area contributed by atoms with Gasteiger partial charge in [0, 0.05) is 38.0 Å². The first-order chi connectivity index (χ1) is 16.0. The summed E-state index contributed by atoms with van der Waals surface area (Å²) in [5.41, 5.74) is 5.82. The average molecular weight is 567 g/mol. The summed E-state index contributed by atoms with van der Waals surface area (Å²) in [5, 5.41) is 8.22. The Balaban J connectivity index is 1.54. The van der Waals surface area contributed by atoms with Crippen molar-refractivity contribution in [3.05, 3.63) is 85.3 Å². The Morgan fingerprint density at radius 1 is 1.12 bits per heavy atom. The normalized spacial score (nSPS) is 10.8. The van der Waals surface area contributed by atoms with Crippen LogP contribution >= 0.6 is 51.3 Å². The van der Waals surface area contributed by atoms with Gasteiger partial charge in [-0.3, -0.25) is 4.98 Å². The van der Waals surface area contributed by atoms with E-state index in [4.69, 9.17) is 44.9 Å². The first-order valence-corrected chi connectivity index (χ1v) is 11.7. The third-order valence-corrected chi connectivity index (χ3v) is 6.53. The van der Waals surface area contributed by atoms with Crippen molar-refractivity contribution in [1.82, 2.24) is 19.9 Å². The van der Waals surface area contributed by atoms with Crippen LogP contribution in [0.3, 0.4) is 0 Å². The number of aromatic amines is 1. The highest BCUT2D eigenvalue weighted by molar-refractivity contribution is 9.10. The highest BCUT2D eigenvalue weighted by Crippen LogP contribution is 2.35. The average Bonchev–Trinajstić information content (AvgIpc) is 3.19. The number of nitrogens with zero attached hydrogens (tertiary/aromatic N) is 3. The zero-order chi connectivity index (χ0) is 23.4. The number of hydrogen-bond acceptors (Lipinski definition) is 6. The Morgan fingerprint density at radius 3 is 2.55 bits per heavy atom. The summed E-state index contributed by atoms with van der Waals surface area (Å²) < 4.78 is 14.5. The highest BCUT2D eigenvalue weighted by atomic mass is 79.9. The van der Waals surface area contributed by atoms with Gasteiger partial charge in [-0.05, 0) is 54.2 Å². The van der Waals surface area contributed by atoms with Crippen LogP contribution in [0.15, 0.2) is 59.3 Å². The minimum atomic E-state index is 0.207. The molecule has 2 heterocycles. The fourth-order valence-electron chi connectivity index (χ4n) is 3.11. The summed E-state index contributed by atoms with van der Waals surface area (Å²) in [6, 6.07) is 12.8. The molecule has 7 nitrogen and oxygen atoms in total. The molecule has 0 fully saturated rings. The lowest BCUT2D eigenvalue weighted by molar-refractivity contribution is 0.284. The van der Waals surface area contributed by atoms with E-state index >= 15 is 0 Å². The largest absolute Gasteiger partial charge is 0.493 e. The third kappa shape index (κ3) is 5.33. The smallest absolute Gasteiger partial charge is 0.214 e. The Morgan fingerprint density at radius 2 is 1.85 bits per heavy atom. The number of aromatic nitrogens is 4. The number of ether oxygens (including phenoxy) is 2. The SMILES string of the molecule is COc1cc(CNn2c(-c3ccncc3)n[nH]c2=S)c(Br)cc1OCc1c(Cl)cccc1Cl. The number of halogens is 3. The van der Waals surface area contributed by atoms with E-state index < -0.39 is 0 Å². The van der Waals surface area contributed by atoms with Crippen molar-refractivity contribution >= 4 is 51.3 Å². The second kappa shape index (κ2) is 10.6. The second-order valence-electron chi connectivity index (χ2n) is 6.84. The quantitative estimate of drug-likeness (QED) is 0.240. The molecule has 0 saturated heterocycles. The lowest BCUT2D eigenvalue weighted by Gasteiger charge is -2.16. The van der Waals surface area contributed by atoms with Gasteiger partial charge in [-0.1, -0.05) is 45.2 Å². The Hall–Kier alpha value is -2.59. The number of pyridine rings is 1. The zero-order valence-corrected chi connectivity index (χ0v) is 21.2. The Kier molecular flexibility index (Phi) is 7.54. The molecule has 2 aromatic heterocycles. The molecule has 0 amide bonds. The number of rotatable bonds is 8. The van der Waals surface area contributed by atoms with E-state index in [-0.39, 0.29) is 6.61 Å². The minimum Gasteiger partial charge on any atom is -0.493 e. The van der Waals surface area contributed by atoms with Crippen LogP contribution in [0, 0.1) is 4.77 Å². The number of hydrogen-bond donors (Lipinski definition) is 2. The van der Waals surface area contributed by atoms with Crippen LogP contribution in [-0.4, -0.2) is 27.0 Å². The van der Waals surface area contributed by atoms with E-state index in [2.05, 4.69) is 36.5 Å². The fourth-order valence-corrected chi connectivity index (χ4v) is 4.27. The molecule has 2 aromatic carbocycles. The maximum absolute atomic E-state index is 6.25. The van der Waals surface area contributed by atoms with Gasteiger partial charge in [0.1, 0.15) is 6.61 Å². The first kappa shape index (κ1) is 23.6. The fraction of sp³-hybridized carbons (Fsp3) is 0.136. The molecule has 0 unspecified atom stereocenters. The van der Waals surface area contributed by atoms with Crippen LogP contribution in [0.4, 0.5) is 0 Å². The topological polar surface area (TPSA) is 77.0 Å². The van der Waals surface area contributed by atoms with Crippen molar-refractivity contribution in [2.45, 2.75) is 13.2 Å². The minimum absolute atomic E-state index is 0.207. The summed E-state index contributed by atoms with van der Waals surface area (Å²) in [7, 11) is 1.59. The predicted molar refractivity (Wildman–Crippen MR) is 135 cm³/mol. The van der Waals surface area contributed by atoms with E-state index in [1.54, 1.807) is 42.4 Å². The van der Waals surface area contributed by atoms with E-state index in [0.29, 0.717) is 44.2 Å².